The van der Waals surface area contributed by atoms with Gasteiger partial charge in [-0.3, -0.25) is 9.10 Å². The average molecular weight is 442 g/mol. The maximum absolute atomic E-state index is 12.4. The van der Waals surface area contributed by atoms with Crippen molar-refractivity contribution in [1.29, 1.82) is 0 Å². The molecule has 0 unspecified atom stereocenters. The molecule has 10 heteroatoms. The van der Waals surface area contributed by atoms with Gasteiger partial charge in [-0.1, -0.05) is 17.3 Å². The minimum absolute atomic E-state index is 0.0675. The predicted molar refractivity (Wildman–Crippen MR) is 114 cm³/mol. The molecule has 1 aliphatic heterocycles. The van der Waals surface area contributed by atoms with Crippen molar-refractivity contribution in [3.05, 3.63) is 60.0 Å². The number of methoxy groups -OCH3 is 1. The van der Waals surface area contributed by atoms with Gasteiger partial charge in [0, 0.05) is 17.7 Å². The quantitative estimate of drug-likeness (QED) is 0.624. The summed E-state index contributed by atoms with van der Waals surface area (Å²) in [6.07, 6.45) is 1.50. The fraction of sp³-hybridized carbons (Fsp3) is 0.286. The van der Waals surface area contributed by atoms with Crippen LogP contribution in [0, 0.1) is 0 Å². The van der Waals surface area contributed by atoms with Crippen molar-refractivity contribution in [3.8, 4) is 17.1 Å². The van der Waals surface area contributed by atoms with E-state index in [1.807, 2.05) is 18.2 Å². The van der Waals surface area contributed by atoms with Crippen molar-refractivity contribution in [2.45, 2.75) is 19.4 Å². The molecule has 1 fully saturated rings. The summed E-state index contributed by atoms with van der Waals surface area (Å²) in [5, 5.41) is 6.66. The molecule has 4 rings (SSSR count). The number of aromatic nitrogens is 2. The molecule has 162 valence electrons. The van der Waals surface area contributed by atoms with Gasteiger partial charge in [-0.15, -0.1) is 0 Å². The van der Waals surface area contributed by atoms with Crippen LogP contribution in [0.2, 0.25) is 0 Å². The zero-order valence-corrected chi connectivity index (χ0v) is 17.8. The van der Waals surface area contributed by atoms with Gasteiger partial charge in [0.05, 0.1) is 25.1 Å². The van der Waals surface area contributed by atoms with Crippen LogP contribution in [0.1, 0.15) is 29.1 Å². The minimum Gasteiger partial charge on any atom is -0.497 e. The van der Waals surface area contributed by atoms with Gasteiger partial charge in [0.15, 0.2) is 0 Å². The van der Waals surface area contributed by atoms with Crippen LogP contribution in [0.25, 0.3) is 11.4 Å². The van der Waals surface area contributed by atoms with E-state index in [0.29, 0.717) is 35.8 Å². The number of anilines is 1. The molecule has 0 saturated carbocycles. The van der Waals surface area contributed by atoms with Crippen LogP contribution in [-0.4, -0.2) is 43.9 Å². The van der Waals surface area contributed by atoms with Crippen LogP contribution in [0.4, 0.5) is 5.69 Å². The van der Waals surface area contributed by atoms with Gasteiger partial charge in [0.2, 0.25) is 21.7 Å². The van der Waals surface area contributed by atoms with E-state index < -0.39 is 10.0 Å². The van der Waals surface area contributed by atoms with E-state index in [4.69, 9.17) is 9.26 Å². The molecule has 0 aliphatic carbocycles. The number of benzene rings is 2. The van der Waals surface area contributed by atoms with Gasteiger partial charge in [-0.25, -0.2) is 8.42 Å². The van der Waals surface area contributed by atoms with E-state index in [-0.39, 0.29) is 24.1 Å². The van der Waals surface area contributed by atoms with Crippen molar-refractivity contribution in [2.24, 2.45) is 0 Å². The summed E-state index contributed by atoms with van der Waals surface area (Å²) in [6, 6.07) is 13.8. The zero-order chi connectivity index (χ0) is 21.8. The number of rotatable bonds is 6. The smallest absolute Gasteiger partial charge is 0.251 e. The summed E-state index contributed by atoms with van der Waals surface area (Å²) in [7, 11) is -1.71. The summed E-state index contributed by atoms with van der Waals surface area (Å²) in [5.41, 5.74) is 1.71. The number of ether oxygens (including phenoxy) is 1. The van der Waals surface area contributed by atoms with Gasteiger partial charge in [0.25, 0.3) is 5.91 Å². The van der Waals surface area contributed by atoms with E-state index in [0.717, 1.165) is 12.0 Å². The summed E-state index contributed by atoms with van der Waals surface area (Å²) >= 11 is 0. The van der Waals surface area contributed by atoms with Crippen LogP contribution in [0.5, 0.6) is 5.75 Å². The topological polar surface area (TPSA) is 115 Å². The Labute approximate surface area is 180 Å². The van der Waals surface area contributed by atoms with Gasteiger partial charge in [-0.05, 0) is 49.2 Å². The van der Waals surface area contributed by atoms with Crippen LogP contribution >= 0.6 is 0 Å². The highest BCUT2D eigenvalue weighted by Gasteiger charge is 2.26. The average Bonchev–Trinajstić information content (AvgIpc) is 3.26. The van der Waals surface area contributed by atoms with Crippen molar-refractivity contribution in [1.82, 2.24) is 15.5 Å². The van der Waals surface area contributed by atoms with E-state index in [2.05, 4.69) is 15.5 Å². The second kappa shape index (κ2) is 8.76. The zero-order valence-electron chi connectivity index (χ0n) is 16.9. The Morgan fingerprint density at radius 2 is 2.00 bits per heavy atom. The van der Waals surface area contributed by atoms with E-state index in [1.54, 1.807) is 37.4 Å². The lowest BCUT2D eigenvalue weighted by molar-refractivity contribution is 0.0946. The number of nitrogens with one attached hydrogen (secondary N) is 1. The SMILES string of the molecule is COc1cccc(-c2noc(CNC(=O)c3ccc(N4CCCCS4(=O)=O)cc3)n2)c1. The number of hydrogen-bond donors (Lipinski definition) is 1. The second-order valence-electron chi connectivity index (χ2n) is 7.07. The Balaban J connectivity index is 1.38. The summed E-state index contributed by atoms with van der Waals surface area (Å²) < 4.78 is 36.2. The number of carbonyl (C=O) groups is 1. The number of hydrogen-bond acceptors (Lipinski definition) is 7. The molecule has 1 aliphatic rings. The summed E-state index contributed by atoms with van der Waals surface area (Å²) in [4.78, 5) is 16.7. The molecule has 0 atom stereocenters. The van der Waals surface area contributed by atoms with Crippen molar-refractivity contribution in [2.75, 3.05) is 23.7 Å². The minimum atomic E-state index is -3.28. The molecule has 0 radical (unpaired) electrons. The van der Waals surface area contributed by atoms with Crippen LogP contribution in [0.3, 0.4) is 0 Å². The lowest BCUT2D eigenvalue weighted by Crippen LogP contribution is -2.37. The standard InChI is InChI=1S/C21H22N4O5S/c1-29-18-6-4-5-16(13-18)20-23-19(30-24-20)14-22-21(26)15-7-9-17(10-8-15)25-11-2-3-12-31(25,27)28/h4-10,13H,2-3,11-12,14H2,1H3,(H,22,26). The van der Waals surface area contributed by atoms with Crippen molar-refractivity contribution < 1.29 is 22.5 Å². The molecule has 9 nitrogen and oxygen atoms in total. The maximum atomic E-state index is 12.4. The molecule has 1 amide bonds. The molecule has 2 aromatic carbocycles. The lowest BCUT2D eigenvalue weighted by Gasteiger charge is -2.28. The number of carbonyl (C=O) groups excluding carboxylic acids is 1. The van der Waals surface area contributed by atoms with E-state index >= 15 is 0 Å². The third-order valence-corrected chi connectivity index (χ3v) is 6.83. The summed E-state index contributed by atoms with van der Waals surface area (Å²) in [6.45, 7) is 0.527. The van der Waals surface area contributed by atoms with E-state index in [1.165, 1.54) is 4.31 Å². The molecule has 0 spiro atoms. The molecule has 1 N–H and O–H groups in total. The fourth-order valence-corrected chi connectivity index (χ4v) is 4.96. The normalized spacial score (nSPS) is 15.5. The lowest BCUT2D eigenvalue weighted by atomic mass is 10.2. The summed E-state index contributed by atoms with van der Waals surface area (Å²) in [5.74, 6) is 1.17. The Bertz CT molecular complexity index is 1170. The molecule has 0 bridgehead atoms. The Morgan fingerprint density at radius 1 is 1.19 bits per heavy atom. The van der Waals surface area contributed by atoms with Crippen molar-refractivity contribution >= 4 is 21.6 Å². The number of nitrogens with zero attached hydrogens (tertiary/aromatic N) is 3. The molecule has 1 saturated heterocycles. The van der Waals surface area contributed by atoms with E-state index in [9.17, 15) is 13.2 Å². The van der Waals surface area contributed by atoms with Crippen LogP contribution in [-0.2, 0) is 16.6 Å². The molecular formula is C21H22N4O5S. The third-order valence-electron chi connectivity index (χ3n) is 4.96. The second-order valence-corrected chi connectivity index (χ2v) is 9.08. The first-order valence-corrected chi connectivity index (χ1v) is 11.4. The number of amides is 1. The molecular weight excluding hydrogens is 420 g/mol. The molecule has 2 heterocycles. The van der Waals surface area contributed by atoms with Gasteiger partial charge < -0.3 is 14.6 Å². The van der Waals surface area contributed by atoms with Crippen LogP contribution in [0.15, 0.2) is 53.1 Å². The van der Waals surface area contributed by atoms with Gasteiger partial charge in [0.1, 0.15) is 5.75 Å². The van der Waals surface area contributed by atoms with Crippen LogP contribution < -0.4 is 14.4 Å². The predicted octanol–water partition coefficient (Wildman–Crippen LogP) is 2.61. The maximum Gasteiger partial charge on any atom is 0.251 e. The Kier molecular flexibility index (Phi) is 5.90. The highest BCUT2D eigenvalue weighted by molar-refractivity contribution is 7.92. The highest BCUT2D eigenvalue weighted by atomic mass is 32.2. The van der Waals surface area contributed by atoms with Gasteiger partial charge in [-0.2, -0.15) is 4.98 Å². The molecule has 3 aromatic rings. The largest absolute Gasteiger partial charge is 0.497 e. The first kappa shape index (κ1) is 20.9. The monoisotopic (exact) mass is 442 g/mol. The van der Waals surface area contributed by atoms with Gasteiger partial charge >= 0.3 is 0 Å². The molecule has 1 aromatic heterocycles. The first-order chi connectivity index (χ1) is 15.0. The first-order valence-electron chi connectivity index (χ1n) is 9.82. The molecule has 31 heavy (non-hydrogen) atoms. The number of sulfonamides is 1. The van der Waals surface area contributed by atoms with Crippen molar-refractivity contribution in [3.63, 3.8) is 0 Å². The fourth-order valence-electron chi connectivity index (χ4n) is 3.32. The Morgan fingerprint density at radius 3 is 2.74 bits per heavy atom. The third kappa shape index (κ3) is 4.69. The highest BCUT2D eigenvalue weighted by Crippen LogP contribution is 2.24. The Hall–Kier alpha value is -3.40.